The standard InChI is InChI=1S/C17H17ClN2O5S2/c1-2-25-17(22)13-10-15(20(23)24)27-16(13)19-14(21)4-3-9-26-12-7-5-11(18)6-8-12/h5-8,10H,2-4,9H2,1H3,(H,19,21). The normalized spacial score (nSPS) is 10.4. The molecule has 0 radical (unpaired) electrons. The van der Waals surface area contributed by atoms with Gasteiger partial charge in [-0.15, -0.1) is 11.8 Å². The second-order valence-corrected chi connectivity index (χ2v) is 7.89. The van der Waals surface area contributed by atoms with E-state index in [0.717, 1.165) is 28.1 Å². The van der Waals surface area contributed by atoms with Crippen molar-refractivity contribution in [1.82, 2.24) is 0 Å². The molecule has 1 aromatic heterocycles. The number of esters is 1. The van der Waals surface area contributed by atoms with E-state index < -0.39 is 10.9 Å². The van der Waals surface area contributed by atoms with Crippen LogP contribution in [0.15, 0.2) is 35.2 Å². The molecule has 0 aliphatic rings. The zero-order valence-corrected chi connectivity index (χ0v) is 16.8. The maximum Gasteiger partial charge on any atom is 0.341 e. The number of amides is 1. The molecule has 1 amide bonds. The lowest BCUT2D eigenvalue weighted by Crippen LogP contribution is -2.14. The number of ether oxygens (including phenoxy) is 1. The van der Waals surface area contributed by atoms with E-state index in [0.29, 0.717) is 11.4 Å². The molecule has 10 heteroatoms. The molecule has 7 nitrogen and oxygen atoms in total. The highest BCUT2D eigenvalue weighted by atomic mass is 35.5. The number of hydrogen-bond acceptors (Lipinski definition) is 7. The van der Waals surface area contributed by atoms with Gasteiger partial charge in [-0.1, -0.05) is 11.6 Å². The van der Waals surface area contributed by atoms with Gasteiger partial charge in [0.1, 0.15) is 10.6 Å². The van der Waals surface area contributed by atoms with E-state index in [9.17, 15) is 19.7 Å². The Kier molecular flexibility index (Phi) is 8.08. The fraction of sp³-hybridized carbons (Fsp3) is 0.294. The summed E-state index contributed by atoms with van der Waals surface area (Å²) in [7, 11) is 0. The van der Waals surface area contributed by atoms with E-state index in [1.165, 1.54) is 0 Å². The number of halogens is 1. The van der Waals surface area contributed by atoms with Crippen LogP contribution in [-0.4, -0.2) is 29.2 Å². The first-order valence-corrected chi connectivity index (χ1v) is 10.2. The Labute approximate surface area is 169 Å². The highest BCUT2D eigenvalue weighted by Gasteiger charge is 2.23. The molecule has 0 saturated heterocycles. The number of nitrogens with one attached hydrogen (secondary N) is 1. The first-order valence-electron chi connectivity index (χ1n) is 8.04. The molecular weight excluding hydrogens is 412 g/mol. The van der Waals surface area contributed by atoms with Crippen LogP contribution in [0.5, 0.6) is 0 Å². The predicted octanol–water partition coefficient (Wildman–Crippen LogP) is 5.00. The highest BCUT2D eigenvalue weighted by Crippen LogP contribution is 2.34. The molecule has 0 fully saturated rings. The van der Waals surface area contributed by atoms with Crippen molar-refractivity contribution in [3.05, 3.63) is 51.0 Å². The minimum Gasteiger partial charge on any atom is -0.462 e. The number of hydrogen-bond donors (Lipinski definition) is 1. The van der Waals surface area contributed by atoms with Gasteiger partial charge in [0.2, 0.25) is 5.91 Å². The number of thiophene rings is 1. The van der Waals surface area contributed by atoms with Crippen LogP contribution in [0, 0.1) is 10.1 Å². The van der Waals surface area contributed by atoms with Gasteiger partial charge in [-0.05, 0) is 54.7 Å². The number of benzene rings is 1. The zero-order valence-electron chi connectivity index (χ0n) is 14.4. The van der Waals surface area contributed by atoms with Crippen LogP contribution in [-0.2, 0) is 9.53 Å². The van der Waals surface area contributed by atoms with E-state index in [1.54, 1.807) is 30.8 Å². The Morgan fingerprint density at radius 1 is 1.33 bits per heavy atom. The van der Waals surface area contributed by atoms with Crippen molar-refractivity contribution in [2.45, 2.75) is 24.7 Å². The number of thioether (sulfide) groups is 1. The molecule has 2 rings (SSSR count). The molecule has 1 N–H and O–H groups in total. The molecule has 1 heterocycles. The molecule has 0 spiro atoms. The smallest absolute Gasteiger partial charge is 0.341 e. The summed E-state index contributed by atoms with van der Waals surface area (Å²) in [5.74, 6) is -0.283. The topological polar surface area (TPSA) is 98.5 Å². The van der Waals surface area contributed by atoms with Gasteiger partial charge in [0.15, 0.2) is 0 Å². The number of anilines is 1. The molecule has 0 atom stereocenters. The summed E-state index contributed by atoms with van der Waals surface area (Å²) in [5, 5.41) is 14.1. The van der Waals surface area contributed by atoms with Crippen LogP contribution in [0.4, 0.5) is 10.0 Å². The van der Waals surface area contributed by atoms with Crippen LogP contribution < -0.4 is 5.32 Å². The molecule has 0 aliphatic carbocycles. The Balaban J connectivity index is 1.89. The number of nitrogens with zero attached hydrogens (tertiary/aromatic N) is 1. The lowest BCUT2D eigenvalue weighted by atomic mass is 10.3. The summed E-state index contributed by atoms with van der Waals surface area (Å²) in [4.78, 5) is 35.4. The van der Waals surface area contributed by atoms with Crippen molar-refractivity contribution in [2.75, 3.05) is 17.7 Å². The third kappa shape index (κ3) is 6.53. The monoisotopic (exact) mass is 428 g/mol. The maximum atomic E-state index is 12.1. The number of carbonyl (C=O) groups excluding carboxylic acids is 2. The van der Waals surface area contributed by atoms with Crippen molar-refractivity contribution >= 4 is 56.6 Å². The minimum atomic E-state index is -0.699. The van der Waals surface area contributed by atoms with Gasteiger partial charge in [0.25, 0.3) is 0 Å². The van der Waals surface area contributed by atoms with Gasteiger partial charge in [0, 0.05) is 22.4 Å². The van der Waals surface area contributed by atoms with Crippen LogP contribution in [0.1, 0.15) is 30.1 Å². The lowest BCUT2D eigenvalue weighted by molar-refractivity contribution is -0.380. The second-order valence-electron chi connectivity index (χ2n) is 5.26. The van der Waals surface area contributed by atoms with Crippen LogP contribution in [0.25, 0.3) is 0 Å². The predicted molar refractivity (Wildman–Crippen MR) is 107 cm³/mol. The first kappa shape index (κ1) is 21.2. The van der Waals surface area contributed by atoms with Crippen LogP contribution >= 0.6 is 34.7 Å². The van der Waals surface area contributed by atoms with Crippen molar-refractivity contribution in [3.63, 3.8) is 0 Å². The molecule has 0 unspecified atom stereocenters. The molecule has 0 aliphatic heterocycles. The SMILES string of the molecule is CCOC(=O)c1cc([N+](=O)[O-])sc1NC(=O)CCCSc1ccc(Cl)cc1. The van der Waals surface area contributed by atoms with Crippen molar-refractivity contribution in [3.8, 4) is 0 Å². The van der Waals surface area contributed by atoms with Gasteiger partial charge in [-0.2, -0.15) is 0 Å². The first-order chi connectivity index (χ1) is 12.9. The Hall–Kier alpha value is -2.10. The molecule has 0 saturated carbocycles. The van der Waals surface area contributed by atoms with Crippen molar-refractivity contribution in [1.29, 1.82) is 0 Å². The number of carbonyl (C=O) groups is 2. The van der Waals surface area contributed by atoms with E-state index in [1.807, 2.05) is 12.1 Å². The summed E-state index contributed by atoms with van der Waals surface area (Å²) in [6.45, 7) is 1.77. The number of rotatable bonds is 9. The van der Waals surface area contributed by atoms with Gasteiger partial charge < -0.3 is 10.1 Å². The average Bonchev–Trinajstić information content (AvgIpc) is 3.04. The lowest BCUT2D eigenvalue weighted by Gasteiger charge is -2.06. The third-order valence-corrected chi connectivity index (χ3v) is 5.63. The van der Waals surface area contributed by atoms with Crippen molar-refractivity contribution < 1.29 is 19.2 Å². The Morgan fingerprint density at radius 3 is 2.67 bits per heavy atom. The third-order valence-electron chi connectivity index (χ3n) is 3.28. The van der Waals surface area contributed by atoms with Gasteiger partial charge in [-0.3, -0.25) is 14.9 Å². The van der Waals surface area contributed by atoms with Crippen molar-refractivity contribution in [2.24, 2.45) is 0 Å². The summed E-state index contributed by atoms with van der Waals surface area (Å²) in [5.41, 5.74) is -0.00237. The van der Waals surface area contributed by atoms with E-state index >= 15 is 0 Å². The van der Waals surface area contributed by atoms with E-state index in [2.05, 4.69) is 5.32 Å². The summed E-state index contributed by atoms with van der Waals surface area (Å²) >= 11 is 8.17. The van der Waals surface area contributed by atoms with E-state index in [4.69, 9.17) is 16.3 Å². The fourth-order valence-corrected chi connectivity index (χ4v) is 3.92. The number of nitro groups is 1. The quantitative estimate of drug-likeness (QED) is 0.198. The molecule has 2 aromatic rings. The minimum absolute atomic E-state index is 0.00237. The zero-order chi connectivity index (χ0) is 19.8. The summed E-state index contributed by atoms with van der Waals surface area (Å²) in [6.07, 6.45) is 0.843. The molecule has 144 valence electrons. The fourth-order valence-electron chi connectivity index (χ4n) is 2.06. The van der Waals surface area contributed by atoms with Crippen LogP contribution in [0.3, 0.4) is 0 Å². The van der Waals surface area contributed by atoms with Crippen LogP contribution in [0.2, 0.25) is 5.02 Å². The average molecular weight is 429 g/mol. The molecular formula is C17H17ClN2O5S2. The maximum absolute atomic E-state index is 12.1. The highest BCUT2D eigenvalue weighted by molar-refractivity contribution is 7.99. The summed E-state index contributed by atoms with van der Waals surface area (Å²) < 4.78 is 4.88. The summed E-state index contributed by atoms with van der Waals surface area (Å²) in [6, 6.07) is 8.54. The molecule has 0 bridgehead atoms. The molecule has 27 heavy (non-hydrogen) atoms. The molecule has 1 aromatic carbocycles. The largest absolute Gasteiger partial charge is 0.462 e. The Morgan fingerprint density at radius 2 is 2.04 bits per heavy atom. The van der Waals surface area contributed by atoms with E-state index in [-0.39, 0.29) is 34.5 Å². The van der Waals surface area contributed by atoms with Gasteiger partial charge in [-0.25, -0.2) is 4.79 Å². The Bertz CT molecular complexity index is 823. The second kappa shape index (κ2) is 10.3. The van der Waals surface area contributed by atoms with Gasteiger partial charge >= 0.3 is 11.0 Å². The van der Waals surface area contributed by atoms with Gasteiger partial charge in [0.05, 0.1) is 11.5 Å².